The van der Waals surface area contributed by atoms with E-state index in [4.69, 9.17) is 33.9 Å². The predicted octanol–water partition coefficient (Wildman–Crippen LogP) is 6.26. The van der Waals surface area contributed by atoms with Crippen LogP contribution in [0.3, 0.4) is 0 Å². The number of benzene rings is 1. The summed E-state index contributed by atoms with van der Waals surface area (Å²) in [5.41, 5.74) is 10.2. The lowest BCUT2D eigenvalue weighted by Crippen LogP contribution is -2.09. The lowest BCUT2D eigenvalue weighted by atomic mass is 10.1. The molecule has 0 aliphatic heterocycles. The van der Waals surface area contributed by atoms with Gasteiger partial charge >= 0.3 is 0 Å². The summed E-state index contributed by atoms with van der Waals surface area (Å²) in [5, 5.41) is 1.02. The number of aryl methyl sites for hydroxylation is 4. The topological polar surface area (TPSA) is 79.8 Å². The van der Waals surface area contributed by atoms with Crippen molar-refractivity contribution < 1.29 is 4.55 Å². The van der Waals surface area contributed by atoms with Gasteiger partial charge in [-0.3, -0.25) is 0 Å². The first kappa shape index (κ1) is 24.2. The Balaban J connectivity index is 1.66. The van der Waals surface area contributed by atoms with Gasteiger partial charge in [0.1, 0.15) is 17.1 Å². The van der Waals surface area contributed by atoms with Crippen molar-refractivity contribution in [3.05, 3.63) is 45.3 Å². The van der Waals surface area contributed by atoms with Crippen LogP contribution in [0.15, 0.2) is 23.1 Å². The number of nitrogens with two attached hydrogens (primary N) is 1. The molecule has 5 nitrogen and oxygen atoms in total. The van der Waals surface area contributed by atoms with Gasteiger partial charge in [-0.05, 0) is 74.5 Å². The summed E-state index contributed by atoms with van der Waals surface area (Å²) in [4.78, 5) is 9.95. The number of hydrogen-bond donors (Lipinski definition) is 1. The molecule has 8 heteroatoms. The zero-order chi connectivity index (χ0) is 22.5. The summed E-state index contributed by atoms with van der Waals surface area (Å²) in [6.07, 6.45) is 5.97. The molecule has 1 aromatic carbocycles. The number of nitrogens with zero attached hydrogens (tertiary/aromatic N) is 3. The number of hydrogen-bond acceptors (Lipinski definition) is 4. The van der Waals surface area contributed by atoms with Gasteiger partial charge in [-0.25, -0.2) is 9.97 Å². The lowest BCUT2D eigenvalue weighted by molar-refractivity contribution is 0.569. The van der Waals surface area contributed by atoms with Crippen molar-refractivity contribution in [2.24, 2.45) is 0 Å². The first-order valence-electron chi connectivity index (χ1n) is 10.8. The van der Waals surface area contributed by atoms with E-state index in [1.165, 1.54) is 0 Å². The van der Waals surface area contributed by atoms with Crippen molar-refractivity contribution >= 4 is 51.2 Å². The Morgan fingerprint density at radius 2 is 1.87 bits per heavy atom. The first-order valence-corrected chi connectivity index (χ1v) is 12.9. The SMILES string of the molecule is CCCCc1nc2c(N)nc(C)c(C)c2n1CCCCC[S+]([O-])c1ccc(Cl)cc1Cl. The van der Waals surface area contributed by atoms with Crippen LogP contribution in [0.5, 0.6) is 0 Å². The third-order valence-electron chi connectivity index (χ3n) is 5.58. The van der Waals surface area contributed by atoms with Crippen LogP contribution >= 0.6 is 23.2 Å². The van der Waals surface area contributed by atoms with Crippen molar-refractivity contribution in [3.63, 3.8) is 0 Å². The number of anilines is 1. The van der Waals surface area contributed by atoms with E-state index in [0.717, 1.165) is 73.2 Å². The molecule has 0 saturated carbocycles. The second-order valence-electron chi connectivity index (χ2n) is 7.87. The van der Waals surface area contributed by atoms with E-state index in [0.29, 0.717) is 26.5 Å². The van der Waals surface area contributed by atoms with Crippen LogP contribution < -0.4 is 5.73 Å². The third-order valence-corrected chi connectivity index (χ3v) is 7.75. The van der Waals surface area contributed by atoms with Gasteiger partial charge in [-0.2, -0.15) is 0 Å². The average molecular weight is 481 g/mol. The predicted molar refractivity (Wildman–Crippen MR) is 132 cm³/mol. The summed E-state index contributed by atoms with van der Waals surface area (Å²) in [5.74, 6) is 2.17. The molecular weight excluding hydrogens is 451 g/mol. The Hall–Kier alpha value is -1.47. The van der Waals surface area contributed by atoms with Gasteiger partial charge in [-0.15, -0.1) is 0 Å². The van der Waals surface area contributed by atoms with Crippen molar-refractivity contribution in [1.29, 1.82) is 0 Å². The molecular formula is C23H30Cl2N4OS. The van der Waals surface area contributed by atoms with Crippen molar-refractivity contribution in [2.75, 3.05) is 11.5 Å². The van der Waals surface area contributed by atoms with Crippen LogP contribution in [-0.4, -0.2) is 24.8 Å². The molecule has 0 amide bonds. The summed E-state index contributed by atoms with van der Waals surface area (Å²) < 4.78 is 14.9. The highest BCUT2D eigenvalue weighted by Crippen LogP contribution is 2.28. The molecule has 0 bridgehead atoms. The highest BCUT2D eigenvalue weighted by molar-refractivity contribution is 7.91. The van der Waals surface area contributed by atoms with Crippen LogP contribution in [0.4, 0.5) is 5.82 Å². The summed E-state index contributed by atoms with van der Waals surface area (Å²) in [6, 6.07) is 5.12. The quantitative estimate of drug-likeness (QED) is 0.274. The number of aromatic nitrogens is 3. The van der Waals surface area contributed by atoms with Crippen LogP contribution in [0, 0.1) is 13.8 Å². The fourth-order valence-corrected chi connectivity index (χ4v) is 5.61. The van der Waals surface area contributed by atoms with E-state index >= 15 is 0 Å². The second kappa shape index (κ2) is 10.9. The van der Waals surface area contributed by atoms with E-state index in [-0.39, 0.29) is 0 Å². The highest BCUT2D eigenvalue weighted by atomic mass is 35.5. The minimum Gasteiger partial charge on any atom is -0.611 e. The number of imidazole rings is 1. The number of nitrogen functional groups attached to an aromatic ring is 1. The van der Waals surface area contributed by atoms with Crippen LogP contribution in [0.1, 0.15) is 56.1 Å². The molecule has 0 aliphatic carbocycles. The molecule has 2 N–H and O–H groups in total. The minimum atomic E-state index is -1.12. The molecule has 3 aromatic rings. The Kier molecular flexibility index (Phi) is 8.50. The average Bonchev–Trinajstić information content (AvgIpc) is 3.09. The molecule has 168 valence electrons. The van der Waals surface area contributed by atoms with Gasteiger partial charge in [-0.1, -0.05) is 36.5 Å². The van der Waals surface area contributed by atoms with Crippen LogP contribution in [0.2, 0.25) is 10.0 Å². The van der Waals surface area contributed by atoms with Crippen LogP contribution in [0.25, 0.3) is 11.0 Å². The molecule has 31 heavy (non-hydrogen) atoms. The Morgan fingerprint density at radius 1 is 1.10 bits per heavy atom. The van der Waals surface area contributed by atoms with Gasteiger partial charge in [0.05, 0.1) is 10.5 Å². The molecule has 2 heterocycles. The number of halogens is 2. The maximum absolute atomic E-state index is 12.6. The van der Waals surface area contributed by atoms with Gasteiger partial charge in [0.15, 0.2) is 10.7 Å². The number of pyridine rings is 1. The van der Waals surface area contributed by atoms with Crippen molar-refractivity contribution in [2.45, 2.75) is 70.7 Å². The largest absolute Gasteiger partial charge is 0.611 e. The van der Waals surface area contributed by atoms with Gasteiger partial charge in [0, 0.05) is 23.7 Å². The van der Waals surface area contributed by atoms with E-state index in [9.17, 15) is 4.55 Å². The Bertz CT molecular complexity index is 1050. The molecule has 0 radical (unpaired) electrons. The molecule has 1 atom stereocenters. The zero-order valence-electron chi connectivity index (χ0n) is 18.4. The molecule has 0 aliphatic rings. The smallest absolute Gasteiger partial charge is 0.171 e. The molecule has 2 aromatic heterocycles. The first-order chi connectivity index (χ1) is 14.8. The number of fused-ring (bicyclic) bond motifs is 1. The van der Waals surface area contributed by atoms with Gasteiger partial charge in [0.25, 0.3) is 0 Å². The van der Waals surface area contributed by atoms with Crippen molar-refractivity contribution in [1.82, 2.24) is 14.5 Å². The van der Waals surface area contributed by atoms with E-state index in [2.05, 4.69) is 23.4 Å². The third kappa shape index (κ3) is 5.67. The van der Waals surface area contributed by atoms with E-state index < -0.39 is 11.2 Å². The Morgan fingerprint density at radius 3 is 2.58 bits per heavy atom. The summed E-state index contributed by atoms with van der Waals surface area (Å²) in [6.45, 7) is 7.13. The lowest BCUT2D eigenvalue weighted by Gasteiger charge is -2.13. The molecule has 0 fully saturated rings. The highest BCUT2D eigenvalue weighted by Gasteiger charge is 2.18. The van der Waals surface area contributed by atoms with Gasteiger partial charge in [0.2, 0.25) is 0 Å². The van der Waals surface area contributed by atoms with Crippen LogP contribution in [-0.2, 0) is 24.1 Å². The summed E-state index contributed by atoms with van der Waals surface area (Å²) in [7, 11) is 0. The molecule has 1 unspecified atom stereocenters. The minimum absolute atomic E-state index is 0.466. The molecule has 0 saturated heterocycles. The van der Waals surface area contributed by atoms with E-state index in [1.54, 1.807) is 18.2 Å². The summed E-state index contributed by atoms with van der Waals surface area (Å²) >= 11 is 11.0. The second-order valence-corrected chi connectivity index (χ2v) is 10.3. The van der Waals surface area contributed by atoms with Gasteiger partial charge < -0.3 is 14.9 Å². The fourth-order valence-electron chi connectivity index (χ4n) is 3.76. The Labute approximate surface area is 197 Å². The monoisotopic (exact) mass is 480 g/mol. The number of unbranched alkanes of at least 4 members (excludes halogenated alkanes) is 3. The number of rotatable bonds is 10. The zero-order valence-corrected chi connectivity index (χ0v) is 20.7. The van der Waals surface area contributed by atoms with Crippen molar-refractivity contribution in [3.8, 4) is 0 Å². The maximum atomic E-state index is 12.6. The molecule has 0 spiro atoms. The normalized spacial score (nSPS) is 12.6. The fraction of sp³-hybridized carbons (Fsp3) is 0.478. The molecule has 3 rings (SSSR count). The standard InChI is InChI=1S/C23H30Cl2N4OS/c1-4-5-9-20-28-21-22(15(2)16(3)27-23(21)26)29(20)12-7-6-8-13-31(30)19-11-10-17(24)14-18(19)25/h10-11,14H,4-9,12-13H2,1-3H3,(H2,26,27). The maximum Gasteiger partial charge on any atom is 0.171 e. The van der Waals surface area contributed by atoms with E-state index in [1.807, 2.05) is 6.92 Å².